The molecule has 9 heteroatoms. The van der Waals surface area contributed by atoms with E-state index in [1.165, 1.54) is 18.5 Å². The van der Waals surface area contributed by atoms with Crippen LogP contribution in [0, 0.1) is 5.92 Å². The fourth-order valence-electron chi connectivity index (χ4n) is 3.65. The highest BCUT2D eigenvalue weighted by molar-refractivity contribution is 5.97. The van der Waals surface area contributed by atoms with Crippen LogP contribution in [0.4, 0.5) is 24.7 Å². The highest BCUT2D eigenvalue weighted by atomic mass is 19.4. The largest absolute Gasteiger partial charge is 0.573 e. The molecule has 1 aromatic heterocycles. The van der Waals surface area contributed by atoms with Crippen molar-refractivity contribution in [2.24, 2.45) is 5.92 Å². The van der Waals surface area contributed by atoms with Gasteiger partial charge in [0.15, 0.2) is 5.82 Å². The van der Waals surface area contributed by atoms with Crippen LogP contribution >= 0.6 is 0 Å². The van der Waals surface area contributed by atoms with Crippen LogP contribution < -0.4 is 15.0 Å². The normalized spacial score (nSPS) is 21.5. The van der Waals surface area contributed by atoms with Gasteiger partial charge in [-0.15, -0.1) is 13.2 Å². The molecule has 148 valence electrons. The van der Waals surface area contributed by atoms with Gasteiger partial charge in [0.05, 0.1) is 6.20 Å². The topological polar surface area (TPSA) is 67.4 Å². The van der Waals surface area contributed by atoms with Crippen molar-refractivity contribution in [3.05, 3.63) is 42.4 Å². The second-order valence-electron chi connectivity index (χ2n) is 6.98. The Morgan fingerprint density at radius 2 is 1.96 bits per heavy atom. The number of benzene rings is 1. The molecule has 0 bridgehead atoms. The number of para-hydroxylation sites is 1. The third-order valence-electron chi connectivity index (χ3n) is 5.03. The number of carbonyl (C=O) groups is 1. The number of rotatable bonds is 5. The van der Waals surface area contributed by atoms with Gasteiger partial charge in [0.2, 0.25) is 5.91 Å². The summed E-state index contributed by atoms with van der Waals surface area (Å²) in [6.07, 6.45) is 0.826. The molecule has 1 N–H and O–H groups in total. The molecule has 1 aliphatic heterocycles. The Balaban J connectivity index is 1.47. The van der Waals surface area contributed by atoms with Crippen molar-refractivity contribution in [1.29, 1.82) is 0 Å². The number of amides is 1. The van der Waals surface area contributed by atoms with E-state index in [4.69, 9.17) is 0 Å². The lowest BCUT2D eigenvalue weighted by Crippen LogP contribution is -2.23. The van der Waals surface area contributed by atoms with Crippen molar-refractivity contribution in [3.8, 4) is 5.75 Å². The summed E-state index contributed by atoms with van der Waals surface area (Å²) in [7, 11) is 0. The van der Waals surface area contributed by atoms with E-state index < -0.39 is 12.3 Å². The molecule has 1 aliphatic carbocycles. The van der Waals surface area contributed by atoms with E-state index in [1.807, 2.05) is 0 Å². The Bertz CT molecular complexity index is 868. The highest BCUT2D eigenvalue weighted by Gasteiger charge is 2.46. The number of nitrogens with one attached hydrogen (secondary N) is 1. The van der Waals surface area contributed by atoms with Gasteiger partial charge < -0.3 is 15.0 Å². The van der Waals surface area contributed by atoms with E-state index in [0.717, 1.165) is 25.9 Å². The monoisotopic (exact) mass is 392 g/mol. The smallest absolute Gasteiger partial charge is 0.405 e. The average Bonchev–Trinajstić information content (AvgIpc) is 3.26. The van der Waals surface area contributed by atoms with Crippen molar-refractivity contribution in [2.45, 2.75) is 31.5 Å². The maximum atomic E-state index is 12.7. The summed E-state index contributed by atoms with van der Waals surface area (Å²) in [4.78, 5) is 23.0. The molecule has 1 aromatic carbocycles. The van der Waals surface area contributed by atoms with Gasteiger partial charge in [-0.1, -0.05) is 18.2 Å². The van der Waals surface area contributed by atoms with Crippen LogP contribution in [0.2, 0.25) is 0 Å². The van der Waals surface area contributed by atoms with Crippen molar-refractivity contribution < 1.29 is 22.7 Å². The lowest BCUT2D eigenvalue weighted by molar-refractivity contribution is -0.274. The van der Waals surface area contributed by atoms with Crippen LogP contribution in [0.3, 0.4) is 0 Å². The first-order chi connectivity index (χ1) is 13.4. The summed E-state index contributed by atoms with van der Waals surface area (Å²) < 4.78 is 42.0. The van der Waals surface area contributed by atoms with E-state index in [9.17, 15) is 18.0 Å². The zero-order valence-corrected chi connectivity index (χ0v) is 14.9. The van der Waals surface area contributed by atoms with Crippen molar-refractivity contribution in [3.63, 3.8) is 0 Å². The number of ether oxygens (including phenoxy) is 1. The molecule has 28 heavy (non-hydrogen) atoms. The van der Waals surface area contributed by atoms with Crippen LogP contribution in [0.5, 0.6) is 5.75 Å². The molecular weight excluding hydrogens is 373 g/mol. The molecule has 1 saturated heterocycles. The predicted octanol–water partition coefficient (Wildman–Crippen LogP) is 3.72. The van der Waals surface area contributed by atoms with Gasteiger partial charge in [0, 0.05) is 19.0 Å². The standard InChI is InChI=1S/C19H19F3N4O2/c20-19(21,22)28-16-6-2-1-5-12(16)13-9-14(13)18(27)25-15-10-23-11-24-17(15)26-7-3-4-8-26/h1-2,5-6,10-11,13-14H,3-4,7-9H2,(H,25,27)/t13-,14-/m1/s1. The summed E-state index contributed by atoms with van der Waals surface area (Å²) in [5.41, 5.74) is 0.920. The first-order valence-electron chi connectivity index (χ1n) is 9.13. The maximum Gasteiger partial charge on any atom is 0.573 e. The minimum atomic E-state index is -4.77. The summed E-state index contributed by atoms with van der Waals surface area (Å²) >= 11 is 0. The Hall–Kier alpha value is -2.84. The van der Waals surface area contributed by atoms with Crippen LogP contribution in [0.15, 0.2) is 36.8 Å². The first kappa shape index (κ1) is 18.5. The Labute approximate surface area is 159 Å². The number of alkyl halides is 3. The SMILES string of the molecule is O=C(Nc1cncnc1N1CCCC1)[C@@H]1C[C@@H]1c1ccccc1OC(F)(F)F. The fourth-order valence-corrected chi connectivity index (χ4v) is 3.65. The lowest BCUT2D eigenvalue weighted by atomic mass is 10.1. The third-order valence-corrected chi connectivity index (χ3v) is 5.03. The molecule has 2 heterocycles. The van der Waals surface area contributed by atoms with Crippen molar-refractivity contribution in [1.82, 2.24) is 9.97 Å². The number of hydrogen-bond acceptors (Lipinski definition) is 5. The molecule has 6 nitrogen and oxygen atoms in total. The minimum absolute atomic E-state index is 0.248. The zero-order chi connectivity index (χ0) is 19.7. The van der Waals surface area contributed by atoms with Crippen molar-refractivity contribution >= 4 is 17.4 Å². The van der Waals surface area contributed by atoms with E-state index in [0.29, 0.717) is 23.5 Å². The van der Waals surface area contributed by atoms with Gasteiger partial charge in [-0.2, -0.15) is 0 Å². The third kappa shape index (κ3) is 4.02. The van der Waals surface area contributed by atoms with Gasteiger partial charge in [-0.3, -0.25) is 4.79 Å². The van der Waals surface area contributed by atoms with Crippen LogP contribution in [-0.4, -0.2) is 35.3 Å². The molecule has 2 fully saturated rings. The van der Waals surface area contributed by atoms with Gasteiger partial charge in [-0.25, -0.2) is 9.97 Å². The molecule has 2 aromatic rings. The second kappa shape index (κ2) is 7.29. The number of halogens is 3. The summed E-state index contributed by atoms with van der Waals surface area (Å²) in [6, 6.07) is 5.96. The lowest BCUT2D eigenvalue weighted by Gasteiger charge is -2.19. The Morgan fingerprint density at radius 3 is 2.71 bits per heavy atom. The highest BCUT2D eigenvalue weighted by Crippen LogP contribution is 2.51. The summed E-state index contributed by atoms with van der Waals surface area (Å²) in [6.45, 7) is 1.74. The van der Waals surface area contributed by atoms with E-state index >= 15 is 0 Å². The average molecular weight is 392 g/mol. The molecular formula is C19H19F3N4O2. The Kier molecular flexibility index (Phi) is 4.82. The molecule has 0 unspecified atom stereocenters. The molecule has 2 aliphatic rings. The summed E-state index contributed by atoms with van der Waals surface area (Å²) in [5, 5.41) is 2.85. The quantitative estimate of drug-likeness (QED) is 0.840. The number of anilines is 2. The van der Waals surface area contributed by atoms with Gasteiger partial charge in [-0.05, 0) is 36.8 Å². The van der Waals surface area contributed by atoms with Crippen LogP contribution in [0.25, 0.3) is 0 Å². The minimum Gasteiger partial charge on any atom is -0.405 e. The van der Waals surface area contributed by atoms with Gasteiger partial charge in [0.25, 0.3) is 0 Å². The van der Waals surface area contributed by atoms with Crippen LogP contribution in [-0.2, 0) is 4.79 Å². The van der Waals surface area contributed by atoms with Crippen LogP contribution in [0.1, 0.15) is 30.7 Å². The van der Waals surface area contributed by atoms with Crippen molar-refractivity contribution in [2.75, 3.05) is 23.3 Å². The number of hydrogen-bond donors (Lipinski definition) is 1. The molecule has 1 saturated carbocycles. The molecule has 0 radical (unpaired) electrons. The molecule has 1 amide bonds. The number of nitrogens with zero attached hydrogens (tertiary/aromatic N) is 3. The summed E-state index contributed by atoms with van der Waals surface area (Å²) in [5.74, 6) is -0.542. The predicted molar refractivity (Wildman–Crippen MR) is 96.1 cm³/mol. The molecule has 4 rings (SSSR count). The number of carbonyl (C=O) groups excluding carboxylic acids is 1. The maximum absolute atomic E-state index is 12.7. The van der Waals surface area contributed by atoms with E-state index in [2.05, 4.69) is 24.9 Å². The van der Waals surface area contributed by atoms with E-state index in [1.54, 1.807) is 18.3 Å². The number of aromatic nitrogens is 2. The first-order valence-corrected chi connectivity index (χ1v) is 9.13. The van der Waals surface area contributed by atoms with Gasteiger partial charge in [0.1, 0.15) is 17.8 Å². The molecule has 2 atom stereocenters. The molecule has 0 spiro atoms. The van der Waals surface area contributed by atoms with Gasteiger partial charge >= 0.3 is 6.36 Å². The fraction of sp³-hybridized carbons (Fsp3) is 0.421. The second-order valence-corrected chi connectivity index (χ2v) is 6.98. The van der Waals surface area contributed by atoms with E-state index in [-0.39, 0.29) is 17.6 Å². The Morgan fingerprint density at radius 1 is 1.21 bits per heavy atom. The zero-order valence-electron chi connectivity index (χ0n) is 14.9.